The van der Waals surface area contributed by atoms with Gasteiger partial charge in [-0.1, -0.05) is 108 Å². The molecule has 0 bridgehead atoms. The van der Waals surface area contributed by atoms with Crippen LogP contribution in [0.5, 0.6) is 0 Å². The third-order valence-corrected chi connectivity index (χ3v) is 6.95. The van der Waals surface area contributed by atoms with Gasteiger partial charge in [0, 0.05) is 12.1 Å². The Labute approximate surface area is 287 Å². The quantitative estimate of drug-likeness (QED) is 0.176. The zero-order valence-electron chi connectivity index (χ0n) is 27.3. The fraction of sp³-hybridized carbons (Fsp3) is 0.629. The van der Waals surface area contributed by atoms with Gasteiger partial charge < -0.3 is 15.8 Å². The first-order valence-corrected chi connectivity index (χ1v) is 24.7. The van der Waals surface area contributed by atoms with Crippen LogP contribution in [-0.2, 0) is 27.0 Å². The molecule has 0 saturated carbocycles. The molecule has 0 fully saturated rings. The van der Waals surface area contributed by atoms with Crippen LogP contribution in [0, 0.1) is 11.8 Å². The molecule has 0 aliphatic rings. The van der Waals surface area contributed by atoms with Crippen LogP contribution in [0.25, 0.3) is 0 Å². The number of carbonyl (C=O) groups is 1. The SMILES string of the molecule is CCC[C@H](C)CC[C@H](Cc1ccccc1)NC(=O)OC(C)(C)C.CCC[C@H](N)CC[C@@H](C)Cc1ccccc1.[I][V][I]. The Morgan fingerprint density at radius 1 is 0.786 bits per heavy atom. The van der Waals surface area contributed by atoms with Gasteiger partial charge in [-0.05, 0) is 88.7 Å². The van der Waals surface area contributed by atoms with Crippen molar-refractivity contribution in [1.82, 2.24) is 5.32 Å². The molecule has 7 heteroatoms. The Kier molecular flexibility index (Phi) is 25.8. The summed E-state index contributed by atoms with van der Waals surface area (Å²) < 4.78 is 5.41. The normalized spacial score (nSPS) is 13.7. The predicted octanol–water partition coefficient (Wildman–Crippen LogP) is 10.9. The first-order chi connectivity index (χ1) is 19.9. The Morgan fingerprint density at radius 3 is 1.74 bits per heavy atom. The van der Waals surface area contributed by atoms with Crippen LogP contribution in [0.4, 0.5) is 4.79 Å². The molecule has 2 aromatic rings. The van der Waals surface area contributed by atoms with E-state index in [-0.39, 0.29) is 12.1 Å². The molecule has 0 unspecified atom stereocenters. The second kappa shape index (κ2) is 26.0. The van der Waals surface area contributed by atoms with Crippen molar-refractivity contribution < 1.29 is 19.0 Å². The number of amides is 1. The van der Waals surface area contributed by atoms with Crippen molar-refractivity contribution in [2.24, 2.45) is 17.6 Å². The molecule has 0 aliphatic heterocycles. The van der Waals surface area contributed by atoms with Gasteiger partial charge in [0.2, 0.25) is 0 Å². The van der Waals surface area contributed by atoms with E-state index in [1.54, 1.807) is 0 Å². The second-order valence-corrected chi connectivity index (χ2v) is 24.3. The van der Waals surface area contributed by atoms with E-state index in [0.717, 1.165) is 31.6 Å². The summed E-state index contributed by atoms with van der Waals surface area (Å²) >= 11 is 4.74. The third kappa shape index (κ3) is 25.1. The van der Waals surface area contributed by atoms with Gasteiger partial charge in [0.1, 0.15) is 5.60 Å². The van der Waals surface area contributed by atoms with Gasteiger partial charge in [0.05, 0.1) is 0 Å². The standard InChI is InChI=1S/C20H33NO2.C15H25N.2HI.V/c1-6-10-16(2)13-14-18(15-17-11-8-7-9-12-17)21-19(22)23-20(3,4)5;1-3-7-15(16)11-10-13(2)12-14-8-5-4-6-9-14;;;/h7-9,11-12,16,18H,6,10,13-15H2,1-5H3,(H,21,22);4-6,8-9,13,15H,3,7,10-12,16H2,1-2H3;2*1H;/q;;;;+2/p-2/t16-,18+;13-,15+;;;/m01.../s1. The molecule has 0 saturated heterocycles. The van der Waals surface area contributed by atoms with Gasteiger partial charge in [0.15, 0.2) is 0 Å². The Bertz CT molecular complexity index is 897. The van der Waals surface area contributed by atoms with Crippen LogP contribution < -0.4 is 11.1 Å². The van der Waals surface area contributed by atoms with Crippen molar-refractivity contribution in [2.45, 2.75) is 130 Å². The summed E-state index contributed by atoms with van der Waals surface area (Å²) in [5.41, 5.74) is 8.25. The third-order valence-electron chi connectivity index (χ3n) is 6.95. The predicted molar refractivity (Wildman–Crippen MR) is 196 cm³/mol. The van der Waals surface area contributed by atoms with Crippen LogP contribution in [-0.4, -0.2) is 23.8 Å². The molecular weight excluding hydrogens is 785 g/mol. The summed E-state index contributed by atoms with van der Waals surface area (Å²) in [5, 5.41) is 3.06. The van der Waals surface area contributed by atoms with E-state index in [9.17, 15) is 4.79 Å². The van der Waals surface area contributed by atoms with E-state index >= 15 is 0 Å². The number of carbonyl (C=O) groups excluding carboxylic acids is 1. The zero-order chi connectivity index (χ0) is 31.8. The number of nitrogens with one attached hydrogen (secondary N) is 1. The van der Waals surface area contributed by atoms with Crippen molar-refractivity contribution in [1.29, 1.82) is 0 Å². The van der Waals surface area contributed by atoms with Crippen molar-refractivity contribution >= 4 is 46.1 Å². The van der Waals surface area contributed by atoms with E-state index in [2.05, 4.69) is 115 Å². The van der Waals surface area contributed by atoms with Crippen LogP contribution >= 0.6 is 40.0 Å². The first-order valence-electron chi connectivity index (χ1n) is 15.7. The number of benzene rings is 2. The van der Waals surface area contributed by atoms with Crippen molar-refractivity contribution in [2.75, 3.05) is 0 Å². The Morgan fingerprint density at radius 2 is 1.26 bits per heavy atom. The summed E-state index contributed by atoms with van der Waals surface area (Å²) in [6.07, 6.45) is 11.1. The van der Waals surface area contributed by atoms with E-state index < -0.39 is 5.60 Å². The molecule has 2 aromatic carbocycles. The number of hydrogen-bond donors (Lipinski definition) is 2. The average molecular weight is 844 g/mol. The molecule has 239 valence electrons. The molecule has 4 nitrogen and oxygen atoms in total. The first kappa shape index (κ1) is 41.7. The Balaban J connectivity index is 0.000000770. The van der Waals surface area contributed by atoms with Crippen LogP contribution in [0.1, 0.15) is 111 Å². The topological polar surface area (TPSA) is 64.3 Å². The summed E-state index contributed by atoms with van der Waals surface area (Å²) in [7, 11) is 0.628. The molecular formula is C35H58I2N2O2V. The fourth-order valence-corrected chi connectivity index (χ4v) is 4.85. The number of halogens is 2. The zero-order valence-corrected chi connectivity index (χ0v) is 33.0. The Hall–Kier alpha value is -0.286. The van der Waals surface area contributed by atoms with Crippen molar-refractivity contribution in [3.05, 3.63) is 71.8 Å². The summed E-state index contributed by atoms with van der Waals surface area (Å²) in [5.74, 6) is 1.43. The number of alkyl carbamates (subject to hydrolysis) is 1. The molecule has 4 atom stereocenters. The van der Waals surface area contributed by atoms with E-state index in [4.69, 9.17) is 10.5 Å². The van der Waals surface area contributed by atoms with Crippen LogP contribution in [0.2, 0.25) is 0 Å². The molecule has 0 aromatic heterocycles. The number of nitrogens with two attached hydrogens (primary N) is 1. The van der Waals surface area contributed by atoms with Gasteiger partial charge >= 0.3 is 55.5 Å². The minimum atomic E-state index is -0.461. The maximum atomic E-state index is 12.1. The molecule has 0 heterocycles. The average Bonchev–Trinajstić information content (AvgIpc) is 2.92. The number of rotatable bonds is 15. The molecule has 0 aliphatic carbocycles. The van der Waals surface area contributed by atoms with Crippen molar-refractivity contribution in [3.8, 4) is 0 Å². The van der Waals surface area contributed by atoms with Gasteiger partial charge in [-0.25, -0.2) is 4.79 Å². The van der Waals surface area contributed by atoms with Crippen LogP contribution in [0.3, 0.4) is 0 Å². The van der Waals surface area contributed by atoms with E-state index in [1.165, 1.54) is 49.7 Å². The molecule has 42 heavy (non-hydrogen) atoms. The summed E-state index contributed by atoms with van der Waals surface area (Å²) in [4.78, 5) is 12.1. The second-order valence-electron chi connectivity index (χ2n) is 12.5. The van der Waals surface area contributed by atoms with Gasteiger partial charge in [-0.15, -0.1) is 0 Å². The van der Waals surface area contributed by atoms with Gasteiger partial charge in [-0.3, -0.25) is 0 Å². The molecule has 0 spiro atoms. The monoisotopic (exact) mass is 843 g/mol. The number of hydrogen-bond acceptors (Lipinski definition) is 3. The molecule has 1 amide bonds. The van der Waals surface area contributed by atoms with Crippen LogP contribution in [0.15, 0.2) is 60.7 Å². The fourth-order valence-electron chi connectivity index (χ4n) is 4.85. The number of ether oxygens (including phenoxy) is 1. The van der Waals surface area contributed by atoms with Gasteiger partial charge in [0.25, 0.3) is 0 Å². The molecule has 3 N–H and O–H groups in total. The summed E-state index contributed by atoms with van der Waals surface area (Å²) in [6, 6.07) is 21.6. The minimum absolute atomic E-state index is 0.117. The molecule has 0 radical (unpaired) electrons. The van der Waals surface area contributed by atoms with E-state index in [1.807, 2.05) is 39.0 Å². The van der Waals surface area contributed by atoms with Crippen molar-refractivity contribution in [3.63, 3.8) is 0 Å². The van der Waals surface area contributed by atoms with E-state index in [0.29, 0.717) is 21.4 Å². The van der Waals surface area contributed by atoms with Gasteiger partial charge in [-0.2, -0.15) is 0 Å². The maximum absolute atomic E-state index is 12.1. The molecule has 2 rings (SSSR count). The summed E-state index contributed by atoms with van der Waals surface area (Å²) in [6.45, 7) is 14.7.